The number of esters is 1. The van der Waals surface area contributed by atoms with Crippen molar-refractivity contribution >= 4 is 42.4 Å². The van der Waals surface area contributed by atoms with Gasteiger partial charge in [-0.3, -0.25) is 9.36 Å². The van der Waals surface area contributed by atoms with E-state index >= 15 is 0 Å². The fourth-order valence-electron chi connectivity index (χ4n) is 3.15. The Kier molecular flexibility index (Phi) is 12.4. The molecular formula is C25H33N6O9P. The number of nitrogen functional groups attached to an aromatic ring is 1. The van der Waals surface area contributed by atoms with Crippen LogP contribution in [0, 0.1) is 0 Å². The third kappa shape index (κ3) is 11.4. The number of fused-ring (bicyclic) bond motifs is 1. The normalized spacial score (nSPS) is 14.1. The summed E-state index contributed by atoms with van der Waals surface area (Å²) in [6, 6.07) is 7.83. The number of benzene rings is 1. The molecule has 0 aliphatic heterocycles. The Morgan fingerprint density at radius 2 is 1.68 bits per heavy atom. The molecule has 0 unspecified atom stereocenters. The van der Waals surface area contributed by atoms with E-state index in [2.05, 4.69) is 20.0 Å². The lowest BCUT2D eigenvalue weighted by molar-refractivity contribution is -0.149. The number of hydrogen-bond acceptors (Lipinski definition) is 11. The van der Waals surface area contributed by atoms with Crippen LogP contribution in [0.5, 0.6) is 5.75 Å². The van der Waals surface area contributed by atoms with E-state index in [1.54, 1.807) is 55.9 Å². The quantitative estimate of drug-likeness (QED) is 0.127. The van der Waals surface area contributed by atoms with Crippen molar-refractivity contribution in [3.63, 3.8) is 0 Å². The van der Waals surface area contributed by atoms with Crippen LogP contribution in [-0.2, 0) is 35.0 Å². The Labute approximate surface area is 235 Å². The van der Waals surface area contributed by atoms with E-state index in [0.717, 1.165) is 0 Å². The van der Waals surface area contributed by atoms with Crippen LogP contribution in [0.25, 0.3) is 11.2 Å². The predicted molar refractivity (Wildman–Crippen MR) is 148 cm³/mol. The minimum absolute atomic E-state index is 0.272. The molecule has 16 heteroatoms. The average molecular weight is 593 g/mol. The molecule has 3 atom stereocenters. The second-order valence-electron chi connectivity index (χ2n) is 8.86. The van der Waals surface area contributed by atoms with Crippen molar-refractivity contribution < 1.29 is 43.2 Å². The standard InChI is InChI=1S/C21H29N6O5P.C4H4O4/c1-14(2)31-21(28)16(4)26-33(29,32-17-8-6-5-7-9-17)13-30-15(3)10-27-12-25-18-19(22)23-11-24-20(18)27;5-3(6)1-2-4(7)8/h5-9,11-12,14-16H,10,13H2,1-4H3,(H,26,29)(H2,22,23,24);1-2H,(H,5,6)(H,7,8)/b;2-1+/t15-,16-,33+;/m1./s1. The summed E-state index contributed by atoms with van der Waals surface area (Å²) in [5, 5.41) is 18.4. The van der Waals surface area contributed by atoms with Crippen molar-refractivity contribution in [1.29, 1.82) is 0 Å². The molecule has 0 aliphatic carbocycles. The van der Waals surface area contributed by atoms with Crippen LogP contribution in [0.4, 0.5) is 5.82 Å². The molecule has 0 aliphatic rings. The number of nitrogens with zero attached hydrogens (tertiary/aromatic N) is 4. The molecular weight excluding hydrogens is 559 g/mol. The third-order valence-corrected chi connectivity index (χ3v) is 6.65. The molecule has 3 rings (SSSR count). The van der Waals surface area contributed by atoms with Crippen LogP contribution in [0.1, 0.15) is 27.7 Å². The summed E-state index contributed by atoms with van der Waals surface area (Å²) in [6.07, 6.45) is 3.13. The van der Waals surface area contributed by atoms with Crippen molar-refractivity contribution in [1.82, 2.24) is 24.6 Å². The molecule has 0 bridgehead atoms. The Morgan fingerprint density at radius 3 is 2.27 bits per heavy atom. The van der Waals surface area contributed by atoms with E-state index in [9.17, 15) is 18.9 Å². The Morgan fingerprint density at radius 1 is 1.05 bits per heavy atom. The smallest absolute Gasteiger partial charge is 0.342 e. The summed E-state index contributed by atoms with van der Waals surface area (Å²) < 4.78 is 32.2. The number of anilines is 1. The number of aromatic nitrogens is 4. The lowest BCUT2D eigenvalue weighted by atomic mass is 10.3. The number of nitrogens with one attached hydrogen (secondary N) is 1. The Balaban J connectivity index is 0.000000642. The number of carboxylic acid groups (broad SMARTS) is 2. The number of hydrogen-bond donors (Lipinski definition) is 4. The van der Waals surface area contributed by atoms with E-state index in [1.807, 2.05) is 13.0 Å². The molecule has 2 aromatic heterocycles. The molecule has 0 fully saturated rings. The number of carbonyl (C=O) groups excluding carboxylic acids is 1. The zero-order valence-electron chi connectivity index (χ0n) is 22.9. The van der Waals surface area contributed by atoms with Gasteiger partial charge < -0.3 is 34.5 Å². The van der Waals surface area contributed by atoms with Gasteiger partial charge in [-0.15, -0.1) is 0 Å². The van der Waals surface area contributed by atoms with Gasteiger partial charge in [0.25, 0.3) is 0 Å². The largest absolute Gasteiger partial charge is 0.478 e. The number of para-hydroxylation sites is 1. The van der Waals surface area contributed by atoms with Crippen LogP contribution in [0.3, 0.4) is 0 Å². The highest BCUT2D eigenvalue weighted by Gasteiger charge is 2.32. The van der Waals surface area contributed by atoms with E-state index in [0.29, 0.717) is 41.4 Å². The third-order valence-electron chi connectivity index (χ3n) is 4.87. The first-order valence-electron chi connectivity index (χ1n) is 12.3. The monoisotopic (exact) mass is 592 g/mol. The van der Waals surface area contributed by atoms with Gasteiger partial charge in [0.1, 0.15) is 30.0 Å². The number of imidazole rings is 1. The van der Waals surface area contributed by atoms with E-state index in [-0.39, 0.29) is 18.6 Å². The maximum Gasteiger partial charge on any atom is 0.342 e. The molecule has 5 N–H and O–H groups in total. The lowest BCUT2D eigenvalue weighted by Gasteiger charge is -2.25. The first-order chi connectivity index (χ1) is 19.3. The SMILES string of the molecule is CC(C)OC(=O)[C@@H](C)N[P@](=O)(CO[C@H](C)Cn1cnc2c(N)ncnc21)Oc1ccccc1.O=C(O)/C=C/C(=O)O. The highest BCUT2D eigenvalue weighted by atomic mass is 31.2. The number of rotatable bonds is 13. The number of nitrogens with two attached hydrogens (primary N) is 1. The van der Waals surface area contributed by atoms with Crippen molar-refractivity contribution in [2.24, 2.45) is 0 Å². The van der Waals surface area contributed by atoms with E-state index in [1.165, 1.54) is 6.33 Å². The number of ether oxygens (including phenoxy) is 2. The van der Waals surface area contributed by atoms with E-state index < -0.39 is 31.5 Å². The maximum absolute atomic E-state index is 13.6. The van der Waals surface area contributed by atoms with Crippen molar-refractivity contribution in [3.05, 3.63) is 55.1 Å². The van der Waals surface area contributed by atoms with Gasteiger partial charge in [0.15, 0.2) is 11.5 Å². The summed E-state index contributed by atoms with van der Waals surface area (Å²) in [7, 11) is -3.64. The van der Waals surface area contributed by atoms with Gasteiger partial charge in [-0.05, 0) is 39.8 Å². The average Bonchev–Trinajstić information content (AvgIpc) is 3.30. The zero-order chi connectivity index (χ0) is 30.6. The second-order valence-corrected chi connectivity index (χ2v) is 10.9. The van der Waals surface area contributed by atoms with Gasteiger partial charge >= 0.3 is 25.4 Å². The second kappa shape index (κ2) is 15.5. The molecule has 222 valence electrons. The molecule has 0 amide bonds. The first-order valence-corrected chi connectivity index (χ1v) is 14.1. The molecule has 0 saturated carbocycles. The minimum Gasteiger partial charge on any atom is -0.478 e. The van der Waals surface area contributed by atoms with Crippen LogP contribution < -0.4 is 15.3 Å². The van der Waals surface area contributed by atoms with Crippen LogP contribution in [0.15, 0.2) is 55.1 Å². The number of aliphatic carboxylic acids is 2. The van der Waals surface area contributed by atoms with Crippen molar-refractivity contribution in [2.75, 3.05) is 12.1 Å². The number of carboxylic acids is 2. The van der Waals surface area contributed by atoms with Crippen molar-refractivity contribution in [3.8, 4) is 5.75 Å². The van der Waals surface area contributed by atoms with Gasteiger partial charge in [0.2, 0.25) is 0 Å². The molecule has 3 aromatic rings. The van der Waals surface area contributed by atoms with Crippen LogP contribution in [0.2, 0.25) is 0 Å². The topological polar surface area (TPSA) is 218 Å². The van der Waals surface area contributed by atoms with Crippen molar-refractivity contribution in [2.45, 2.75) is 52.5 Å². The molecule has 0 radical (unpaired) electrons. The van der Waals surface area contributed by atoms with Gasteiger partial charge in [0, 0.05) is 12.2 Å². The molecule has 41 heavy (non-hydrogen) atoms. The van der Waals surface area contributed by atoms with Gasteiger partial charge in [-0.25, -0.2) is 29.6 Å². The fourth-order valence-corrected chi connectivity index (χ4v) is 4.94. The first kappa shape index (κ1) is 32.9. The van der Waals surface area contributed by atoms with E-state index in [4.69, 9.17) is 29.9 Å². The van der Waals surface area contributed by atoms with Gasteiger partial charge in [-0.1, -0.05) is 18.2 Å². The summed E-state index contributed by atoms with van der Waals surface area (Å²) >= 11 is 0. The number of carbonyl (C=O) groups is 3. The molecule has 15 nitrogen and oxygen atoms in total. The molecule has 0 spiro atoms. The fraction of sp³-hybridized carbons (Fsp3) is 0.360. The summed E-state index contributed by atoms with van der Waals surface area (Å²) in [6.45, 7) is 7.25. The molecule has 2 heterocycles. The summed E-state index contributed by atoms with van der Waals surface area (Å²) in [5.74, 6) is -2.36. The summed E-state index contributed by atoms with van der Waals surface area (Å²) in [5.41, 5.74) is 6.91. The minimum atomic E-state index is -3.64. The maximum atomic E-state index is 13.6. The lowest BCUT2D eigenvalue weighted by Crippen LogP contribution is -2.37. The zero-order valence-corrected chi connectivity index (χ0v) is 23.8. The highest BCUT2D eigenvalue weighted by Crippen LogP contribution is 2.44. The molecule has 0 saturated heterocycles. The summed E-state index contributed by atoms with van der Waals surface area (Å²) in [4.78, 5) is 43.7. The molecule has 1 aromatic carbocycles. The Bertz CT molecular complexity index is 1380. The van der Waals surface area contributed by atoms with Gasteiger partial charge in [-0.2, -0.15) is 0 Å². The Hall–Kier alpha value is -4.33. The van der Waals surface area contributed by atoms with Crippen LogP contribution in [-0.4, -0.2) is 72.2 Å². The van der Waals surface area contributed by atoms with Crippen LogP contribution >= 0.6 is 7.52 Å². The highest BCUT2D eigenvalue weighted by molar-refractivity contribution is 7.57. The van der Waals surface area contributed by atoms with Gasteiger partial charge in [0.05, 0.1) is 25.1 Å². The predicted octanol–water partition coefficient (Wildman–Crippen LogP) is 2.68.